The maximum atomic E-state index is 11.7. The number of halogens is 1. The number of rotatable bonds is 3. The molecule has 0 fully saturated rings. The third-order valence-electron chi connectivity index (χ3n) is 2.77. The highest BCUT2D eigenvalue weighted by atomic mass is 35.5. The molecular formula is C16H14ClN3O2. The van der Waals surface area contributed by atoms with Crippen molar-refractivity contribution in [1.82, 2.24) is 5.43 Å². The van der Waals surface area contributed by atoms with Crippen LogP contribution in [0.3, 0.4) is 0 Å². The van der Waals surface area contributed by atoms with Crippen LogP contribution in [-0.4, -0.2) is 18.0 Å². The van der Waals surface area contributed by atoms with Crippen LogP contribution in [0.2, 0.25) is 5.02 Å². The molecule has 0 aliphatic rings. The van der Waals surface area contributed by atoms with Gasteiger partial charge >= 0.3 is 11.8 Å². The zero-order chi connectivity index (χ0) is 15.9. The first kappa shape index (κ1) is 15.7. The minimum Gasteiger partial charge on any atom is -0.318 e. The Bertz CT molecular complexity index is 694. The summed E-state index contributed by atoms with van der Waals surface area (Å²) in [7, 11) is 0. The molecule has 0 bridgehead atoms. The Morgan fingerprint density at radius 3 is 2.27 bits per heavy atom. The lowest BCUT2D eigenvalue weighted by Gasteiger charge is -2.03. The maximum absolute atomic E-state index is 11.7. The second kappa shape index (κ2) is 7.38. The normalized spacial score (nSPS) is 10.5. The summed E-state index contributed by atoms with van der Waals surface area (Å²) in [4.78, 5) is 23.3. The largest absolute Gasteiger partial charge is 0.329 e. The first-order valence-electron chi connectivity index (χ1n) is 6.51. The summed E-state index contributed by atoms with van der Waals surface area (Å²) < 4.78 is 0. The van der Waals surface area contributed by atoms with E-state index in [9.17, 15) is 9.59 Å². The molecule has 0 heterocycles. The van der Waals surface area contributed by atoms with Gasteiger partial charge in [-0.15, -0.1) is 0 Å². The van der Waals surface area contributed by atoms with Gasteiger partial charge in [0, 0.05) is 10.7 Å². The van der Waals surface area contributed by atoms with Gasteiger partial charge in [-0.3, -0.25) is 9.59 Å². The van der Waals surface area contributed by atoms with Gasteiger partial charge in [-0.2, -0.15) is 5.10 Å². The number of anilines is 1. The quantitative estimate of drug-likeness (QED) is 0.519. The second-order valence-electron chi connectivity index (χ2n) is 4.57. The fourth-order valence-corrected chi connectivity index (χ4v) is 1.72. The van der Waals surface area contributed by atoms with Crippen molar-refractivity contribution < 1.29 is 9.59 Å². The van der Waals surface area contributed by atoms with E-state index >= 15 is 0 Å². The molecule has 0 spiro atoms. The van der Waals surface area contributed by atoms with E-state index in [0.717, 1.165) is 11.1 Å². The maximum Gasteiger partial charge on any atom is 0.329 e. The highest BCUT2D eigenvalue weighted by molar-refractivity contribution is 6.39. The predicted molar refractivity (Wildman–Crippen MR) is 87.0 cm³/mol. The lowest BCUT2D eigenvalue weighted by Crippen LogP contribution is -2.32. The third kappa shape index (κ3) is 4.71. The lowest BCUT2D eigenvalue weighted by atomic mass is 10.2. The van der Waals surface area contributed by atoms with Gasteiger partial charge in [-0.25, -0.2) is 5.43 Å². The number of nitrogens with zero attached hydrogens (tertiary/aromatic N) is 1. The molecule has 2 aromatic rings. The molecule has 0 unspecified atom stereocenters. The first-order valence-corrected chi connectivity index (χ1v) is 6.89. The summed E-state index contributed by atoms with van der Waals surface area (Å²) in [5.41, 5.74) is 4.60. The number of hydrogen-bond acceptors (Lipinski definition) is 3. The molecule has 2 aromatic carbocycles. The summed E-state index contributed by atoms with van der Waals surface area (Å²) in [6.07, 6.45) is 1.47. The van der Waals surface area contributed by atoms with E-state index < -0.39 is 11.8 Å². The molecule has 2 N–H and O–H groups in total. The smallest absolute Gasteiger partial charge is 0.318 e. The Hall–Kier alpha value is -2.66. The van der Waals surface area contributed by atoms with Crippen LogP contribution in [0.4, 0.5) is 5.69 Å². The van der Waals surface area contributed by atoms with E-state index in [4.69, 9.17) is 11.6 Å². The van der Waals surface area contributed by atoms with Crippen molar-refractivity contribution in [1.29, 1.82) is 0 Å². The van der Waals surface area contributed by atoms with Crippen molar-refractivity contribution in [3.05, 3.63) is 64.7 Å². The Morgan fingerprint density at radius 1 is 1.00 bits per heavy atom. The number of carbonyl (C=O) groups is 2. The Morgan fingerprint density at radius 2 is 1.64 bits per heavy atom. The molecule has 22 heavy (non-hydrogen) atoms. The van der Waals surface area contributed by atoms with Crippen molar-refractivity contribution >= 4 is 35.3 Å². The zero-order valence-corrected chi connectivity index (χ0v) is 12.6. The van der Waals surface area contributed by atoms with Gasteiger partial charge in [0.2, 0.25) is 0 Å². The number of hydrogen-bond donors (Lipinski definition) is 2. The molecule has 0 aliphatic carbocycles. The zero-order valence-electron chi connectivity index (χ0n) is 11.8. The molecule has 2 amide bonds. The number of hydrazone groups is 1. The van der Waals surface area contributed by atoms with Gasteiger partial charge in [0.05, 0.1) is 6.21 Å². The molecule has 0 saturated carbocycles. The highest BCUT2D eigenvalue weighted by Gasteiger charge is 2.12. The number of amides is 2. The van der Waals surface area contributed by atoms with Crippen molar-refractivity contribution in [2.45, 2.75) is 6.92 Å². The van der Waals surface area contributed by atoms with Gasteiger partial charge in [-0.05, 0) is 36.8 Å². The summed E-state index contributed by atoms with van der Waals surface area (Å²) in [5.74, 6) is -1.65. The van der Waals surface area contributed by atoms with Crippen LogP contribution < -0.4 is 10.7 Å². The van der Waals surface area contributed by atoms with Crippen LogP contribution in [-0.2, 0) is 9.59 Å². The number of aryl methyl sites for hydroxylation is 1. The fraction of sp³-hybridized carbons (Fsp3) is 0.0625. The van der Waals surface area contributed by atoms with Crippen LogP contribution in [0.5, 0.6) is 0 Å². The molecule has 0 radical (unpaired) electrons. The summed E-state index contributed by atoms with van der Waals surface area (Å²) >= 11 is 5.74. The lowest BCUT2D eigenvalue weighted by molar-refractivity contribution is -0.136. The number of benzene rings is 2. The Kier molecular flexibility index (Phi) is 5.27. The second-order valence-corrected chi connectivity index (χ2v) is 5.01. The number of nitrogens with one attached hydrogen (secondary N) is 2. The summed E-state index contributed by atoms with van der Waals surface area (Å²) in [6.45, 7) is 1.98. The Balaban J connectivity index is 1.87. The Labute approximate surface area is 133 Å². The van der Waals surface area contributed by atoms with Crippen LogP contribution in [0.1, 0.15) is 11.1 Å². The number of carbonyl (C=O) groups excluding carboxylic acids is 2. The van der Waals surface area contributed by atoms with Crippen molar-refractivity contribution in [2.75, 3.05) is 5.32 Å². The topological polar surface area (TPSA) is 70.6 Å². The minimum atomic E-state index is -0.849. The van der Waals surface area contributed by atoms with E-state index in [1.54, 1.807) is 24.3 Å². The molecule has 0 aliphatic heterocycles. The molecule has 5 nitrogen and oxygen atoms in total. The van der Waals surface area contributed by atoms with E-state index in [-0.39, 0.29) is 0 Å². The van der Waals surface area contributed by atoms with Crippen LogP contribution in [0.15, 0.2) is 53.6 Å². The highest BCUT2D eigenvalue weighted by Crippen LogP contribution is 2.13. The van der Waals surface area contributed by atoms with E-state index in [1.165, 1.54) is 6.21 Å². The van der Waals surface area contributed by atoms with Gasteiger partial charge in [0.1, 0.15) is 0 Å². The SMILES string of the molecule is Cc1ccc(/C=N\NC(=O)C(=O)Nc2ccc(Cl)cc2)cc1. The standard InChI is InChI=1S/C16H14ClN3O2/c1-11-2-4-12(5-3-11)10-18-20-16(22)15(21)19-14-8-6-13(17)7-9-14/h2-10H,1H3,(H,19,21)(H,20,22)/b18-10-. The minimum absolute atomic E-state index is 0.479. The average Bonchev–Trinajstić information content (AvgIpc) is 2.51. The van der Waals surface area contributed by atoms with Crippen molar-refractivity contribution in [3.63, 3.8) is 0 Å². The van der Waals surface area contributed by atoms with Crippen LogP contribution >= 0.6 is 11.6 Å². The molecule has 0 aromatic heterocycles. The monoisotopic (exact) mass is 315 g/mol. The van der Waals surface area contributed by atoms with Gasteiger partial charge in [-0.1, -0.05) is 41.4 Å². The van der Waals surface area contributed by atoms with Crippen molar-refractivity contribution in [3.8, 4) is 0 Å². The molecule has 2 rings (SSSR count). The third-order valence-corrected chi connectivity index (χ3v) is 3.02. The molecule has 0 saturated heterocycles. The molecule has 0 atom stereocenters. The summed E-state index contributed by atoms with van der Waals surface area (Å²) in [5, 5.41) is 6.73. The average molecular weight is 316 g/mol. The first-order chi connectivity index (χ1) is 10.5. The van der Waals surface area contributed by atoms with E-state index in [0.29, 0.717) is 10.7 Å². The van der Waals surface area contributed by atoms with Gasteiger partial charge in [0.15, 0.2) is 0 Å². The fourth-order valence-electron chi connectivity index (χ4n) is 1.59. The molecular weight excluding hydrogens is 302 g/mol. The van der Waals surface area contributed by atoms with Crippen LogP contribution in [0, 0.1) is 6.92 Å². The van der Waals surface area contributed by atoms with E-state index in [2.05, 4.69) is 15.8 Å². The predicted octanol–water partition coefficient (Wildman–Crippen LogP) is 2.74. The van der Waals surface area contributed by atoms with Crippen LogP contribution in [0.25, 0.3) is 0 Å². The van der Waals surface area contributed by atoms with Gasteiger partial charge < -0.3 is 5.32 Å². The van der Waals surface area contributed by atoms with Gasteiger partial charge in [0.25, 0.3) is 0 Å². The summed E-state index contributed by atoms with van der Waals surface area (Å²) in [6, 6.07) is 14.0. The van der Waals surface area contributed by atoms with Crippen molar-refractivity contribution in [2.24, 2.45) is 5.10 Å². The molecule has 112 valence electrons. The molecule has 6 heteroatoms. The van der Waals surface area contributed by atoms with E-state index in [1.807, 2.05) is 31.2 Å².